The van der Waals surface area contributed by atoms with Crippen LogP contribution in [0.4, 0.5) is 5.82 Å². The minimum atomic E-state index is -0.502. The SMILES string of the molecule is COC(=O)c1ccc(NCC(C)(C)N)nn1. The van der Waals surface area contributed by atoms with Crippen LogP contribution in [0, 0.1) is 0 Å². The summed E-state index contributed by atoms with van der Waals surface area (Å²) in [5.74, 6) is 0.0735. The van der Waals surface area contributed by atoms with Crippen molar-refractivity contribution < 1.29 is 9.53 Å². The van der Waals surface area contributed by atoms with Gasteiger partial charge in [0, 0.05) is 12.1 Å². The zero-order valence-corrected chi connectivity index (χ0v) is 9.65. The first-order chi connectivity index (χ1) is 7.42. The molecule has 0 spiro atoms. The number of carbonyl (C=O) groups is 1. The molecule has 88 valence electrons. The summed E-state index contributed by atoms with van der Waals surface area (Å²) in [6.45, 7) is 4.37. The van der Waals surface area contributed by atoms with Gasteiger partial charge in [0.15, 0.2) is 5.69 Å². The molecule has 3 N–H and O–H groups in total. The Morgan fingerprint density at radius 3 is 2.62 bits per heavy atom. The topological polar surface area (TPSA) is 90.1 Å². The van der Waals surface area contributed by atoms with E-state index in [0.29, 0.717) is 12.4 Å². The summed E-state index contributed by atoms with van der Waals surface area (Å²) in [4.78, 5) is 11.1. The minimum absolute atomic E-state index is 0.181. The molecule has 0 atom stereocenters. The zero-order chi connectivity index (χ0) is 12.2. The van der Waals surface area contributed by atoms with Crippen molar-refractivity contribution in [1.29, 1.82) is 0 Å². The van der Waals surface area contributed by atoms with E-state index in [-0.39, 0.29) is 11.2 Å². The monoisotopic (exact) mass is 224 g/mol. The third kappa shape index (κ3) is 3.82. The highest BCUT2D eigenvalue weighted by molar-refractivity contribution is 5.86. The molecule has 6 heteroatoms. The van der Waals surface area contributed by atoms with Gasteiger partial charge in [0.25, 0.3) is 0 Å². The lowest BCUT2D eigenvalue weighted by Crippen LogP contribution is -2.39. The maximum atomic E-state index is 11.1. The predicted molar refractivity (Wildman–Crippen MR) is 60.1 cm³/mol. The number of hydrogen-bond donors (Lipinski definition) is 2. The molecule has 0 aromatic carbocycles. The summed E-state index contributed by atoms with van der Waals surface area (Å²) < 4.78 is 4.51. The predicted octanol–water partition coefficient (Wildman–Crippen LogP) is 0.412. The molecule has 1 aromatic heterocycles. The van der Waals surface area contributed by atoms with Gasteiger partial charge in [0.1, 0.15) is 5.82 Å². The van der Waals surface area contributed by atoms with Gasteiger partial charge >= 0.3 is 5.97 Å². The molecule has 0 radical (unpaired) electrons. The van der Waals surface area contributed by atoms with Gasteiger partial charge < -0.3 is 15.8 Å². The van der Waals surface area contributed by atoms with E-state index in [2.05, 4.69) is 20.3 Å². The van der Waals surface area contributed by atoms with E-state index in [9.17, 15) is 4.79 Å². The number of ether oxygens (including phenoxy) is 1. The first-order valence-corrected chi connectivity index (χ1v) is 4.87. The quantitative estimate of drug-likeness (QED) is 0.720. The van der Waals surface area contributed by atoms with Crippen LogP contribution in [0.15, 0.2) is 12.1 Å². The molecule has 0 unspecified atom stereocenters. The van der Waals surface area contributed by atoms with Crippen LogP contribution in [0.2, 0.25) is 0 Å². The van der Waals surface area contributed by atoms with E-state index < -0.39 is 5.97 Å². The molecule has 1 aromatic rings. The second kappa shape index (κ2) is 4.89. The fourth-order valence-corrected chi connectivity index (χ4v) is 0.958. The van der Waals surface area contributed by atoms with Crippen LogP contribution in [-0.4, -0.2) is 35.4 Å². The summed E-state index contributed by atoms with van der Waals surface area (Å²) in [5, 5.41) is 10.6. The van der Waals surface area contributed by atoms with E-state index in [0.717, 1.165) is 0 Å². The molecule has 6 nitrogen and oxygen atoms in total. The number of anilines is 1. The van der Waals surface area contributed by atoms with Crippen molar-refractivity contribution in [2.24, 2.45) is 5.73 Å². The first-order valence-electron chi connectivity index (χ1n) is 4.87. The Morgan fingerprint density at radius 2 is 2.19 bits per heavy atom. The average molecular weight is 224 g/mol. The average Bonchev–Trinajstić information content (AvgIpc) is 2.25. The van der Waals surface area contributed by atoms with Gasteiger partial charge in [-0.15, -0.1) is 10.2 Å². The Bertz CT molecular complexity index is 356. The summed E-state index contributed by atoms with van der Waals surface area (Å²) >= 11 is 0. The molecule has 0 aliphatic heterocycles. The van der Waals surface area contributed by atoms with E-state index in [1.807, 2.05) is 13.8 Å². The van der Waals surface area contributed by atoms with Crippen molar-refractivity contribution >= 4 is 11.8 Å². The highest BCUT2D eigenvalue weighted by Gasteiger charge is 2.11. The van der Waals surface area contributed by atoms with Crippen molar-refractivity contribution in [2.45, 2.75) is 19.4 Å². The van der Waals surface area contributed by atoms with Gasteiger partial charge in [0.05, 0.1) is 7.11 Å². The fourth-order valence-electron chi connectivity index (χ4n) is 0.958. The molecule has 1 rings (SSSR count). The van der Waals surface area contributed by atoms with E-state index in [4.69, 9.17) is 5.73 Å². The Hall–Kier alpha value is -1.69. The molecule has 0 aliphatic rings. The molecule has 0 saturated heterocycles. The van der Waals surface area contributed by atoms with Crippen LogP contribution in [0.25, 0.3) is 0 Å². The van der Waals surface area contributed by atoms with Crippen LogP contribution in [-0.2, 0) is 4.74 Å². The van der Waals surface area contributed by atoms with Crippen molar-refractivity contribution in [2.75, 3.05) is 19.0 Å². The van der Waals surface area contributed by atoms with Gasteiger partial charge in [-0.05, 0) is 26.0 Å². The molecule has 0 bridgehead atoms. The lowest BCUT2D eigenvalue weighted by Gasteiger charge is -2.18. The van der Waals surface area contributed by atoms with Crippen LogP contribution in [0.1, 0.15) is 24.3 Å². The van der Waals surface area contributed by atoms with Crippen molar-refractivity contribution in [3.05, 3.63) is 17.8 Å². The molecule has 0 saturated carbocycles. The summed E-state index contributed by atoms with van der Waals surface area (Å²) in [6.07, 6.45) is 0. The Kier molecular flexibility index (Phi) is 3.78. The standard InChI is InChI=1S/C10H16N4O2/c1-10(2,11)6-12-8-5-4-7(13-14-8)9(15)16-3/h4-5H,6,11H2,1-3H3,(H,12,14). The third-order valence-corrected chi connectivity index (χ3v) is 1.78. The summed E-state index contributed by atoms with van der Waals surface area (Å²) in [6, 6.07) is 3.20. The van der Waals surface area contributed by atoms with Gasteiger partial charge in [-0.3, -0.25) is 0 Å². The lowest BCUT2D eigenvalue weighted by atomic mass is 10.1. The van der Waals surface area contributed by atoms with Gasteiger partial charge in [0.2, 0.25) is 0 Å². The number of rotatable bonds is 4. The number of methoxy groups -OCH3 is 1. The number of esters is 1. The van der Waals surface area contributed by atoms with Gasteiger partial charge in [-0.25, -0.2) is 4.79 Å². The molecule has 0 amide bonds. The minimum Gasteiger partial charge on any atom is -0.464 e. The second-order valence-electron chi connectivity index (χ2n) is 4.14. The Balaban J connectivity index is 2.62. The summed E-state index contributed by atoms with van der Waals surface area (Å²) in [5.41, 5.74) is 5.65. The van der Waals surface area contributed by atoms with Crippen molar-refractivity contribution in [3.8, 4) is 0 Å². The maximum absolute atomic E-state index is 11.1. The highest BCUT2D eigenvalue weighted by atomic mass is 16.5. The number of aromatic nitrogens is 2. The smallest absolute Gasteiger partial charge is 0.358 e. The second-order valence-corrected chi connectivity index (χ2v) is 4.14. The fraction of sp³-hybridized carbons (Fsp3) is 0.500. The number of nitrogens with two attached hydrogens (primary N) is 1. The van der Waals surface area contributed by atoms with Crippen LogP contribution in [0.3, 0.4) is 0 Å². The van der Waals surface area contributed by atoms with E-state index >= 15 is 0 Å². The normalized spacial score (nSPS) is 11.0. The number of nitrogens with one attached hydrogen (secondary N) is 1. The zero-order valence-electron chi connectivity index (χ0n) is 9.65. The summed E-state index contributed by atoms with van der Waals surface area (Å²) in [7, 11) is 1.30. The molecular formula is C10H16N4O2. The molecule has 1 heterocycles. The number of carbonyl (C=O) groups excluding carboxylic acids is 1. The van der Waals surface area contributed by atoms with Crippen molar-refractivity contribution in [1.82, 2.24) is 10.2 Å². The first kappa shape index (κ1) is 12.4. The lowest BCUT2D eigenvalue weighted by molar-refractivity contribution is 0.0593. The van der Waals surface area contributed by atoms with Crippen LogP contribution < -0.4 is 11.1 Å². The number of hydrogen-bond acceptors (Lipinski definition) is 6. The van der Waals surface area contributed by atoms with E-state index in [1.54, 1.807) is 12.1 Å². The maximum Gasteiger partial charge on any atom is 0.358 e. The molecule has 0 fully saturated rings. The van der Waals surface area contributed by atoms with Gasteiger partial charge in [-0.2, -0.15) is 0 Å². The largest absolute Gasteiger partial charge is 0.464 e. The van der Waals surface area contributed by atoms with Crippen LogP contribution >= 0.6 is 0 Å². The van der Waals surface area contributed by atoms with Crippen LogP contribution in [0.5, 0.6) is 0 Å². The number of nitrogens with zero attached hydrogens (tertiary/aromatic N) is 2. The molecule has 16 heavy (non-hydrogen) atoms. The van der Waals surface area contributed by atoms with Crippen molar-refractivity contribution in [3.63, 3.8) is 0 Å². The van der Waals surface area contributed by atoms with Gasteiger partial charge in [-0.1, -0.05) is 0 Å². The molecule has 0 aliphatic carbocycles. The Labute approximate surface area is 94.2 Å². The highest BCUT2D eigenvalue weighted by Crippen LogP contribution is 2.05. The third-order valence-electron chi connectivity index (χ3n) is 1.78. The Morgan fingerprint density at radius 1 is 1.50 bits per heavy atom. The molecular weight excluding hydrogens is 208 g/mol. The van der Waals surface area contributed by atoms with E-state index in [1.165, 1.54) is 7.11 Å².